The monoisotopic (exact) mass is 743 g/mol. The zero-order valence-corrected chi connectivity index (χ0v) is 26.1. The smallest absolute Gasteiger partial charge is 0.387 e. The van der Waals surface area contributed by atoms with Crippen molar-refractivity contribution in [2.45, 2.75) is 36.9 Å². The highest BCUT2D eigenvalue weighted by Crippen LogP contribution is 2.40. The van der Waals surface area contributed by atoms with Gasteiger partial charge in [-0.3, -0.25) is 9.80 Å². The average Bonchev–Trinajstić information content (AvgIpc) is 3.03. The summed E-state index contributed by atoms with van der Waals surface area (Å²) in [6.07, 6.45) is -23.4. The first kappa shape index (κ1) is 38.5. The number of β-amino-alcohol motifs (C(OH)–C–C–N with tert-alkyl or cyclic N) is 1. The summed E-state index contributed by atoms with van der Waals surface area (Å²) >= 11 is 0. The summed E-state index contributed by atoms with van der Waals surface area (Å²) in [6, 6.07) is 6.58. The van der Waals surface area contributed by atoms with Crippen LogP contribution in [0.25, 0.3) is 21.8 Å². The topological polar surface area (TPSA) is 84.8 Å². The molecule has 51 heavy (non-hydrogen) atoms. The molecule has 0 saturated carbocycles. The molecule has 3 heterocycles. The average molecular weight is 744 g/mol. The highest BCUT2D eigenvalue weighted by molar-refractivity contribution is 5.87. The predicted octanol–water partition coefficient (Wildman–Crippen LogP) is 6.83. The molecule has 1 aliphatic heterocycles. The molecule has 0 radical (unpaired) electrons. The number of fused-ring (bicyclic) bond motifs is 2. The summed E-state index contributed by atoms with van der Waals surface area (Å²) in [5, 5.41) is 24.0. The molecule has 2 aromatic carbocycles. The number of benzene rings is 2. The standard InChI is InChI=1S/C32H29F12N5O2/c33-29(34,35)21-5-1-3-17-19(13-25(31(39,40)41)46-27(17)21)23(50)15-45-7-8-48-9-11-49(12-10-48)16-24(51)20-14-26(32(42,43)44)47-28-18(20)4-2-6-22(28)30(36,37)38/h1-6,13-14,23-24,45,50-51H,7-12,15-16H2/t23-,24-/m0/s1. The van der Waals surface area contributed by atoms with Crippen LogP contribution in [-0.4, -0.2) is 82.3 Å². The number of halogens is 12. The molecule has 278 valence electrons. The maximum Gasteiger partial charge on any atom is 0.433 e. The van der Waals surface area contributed by atoms with Gasteiger partial charge in [0.25, 0.3) is 0 Å². The number of aliphatic hydroxyl groups is 2. The Labute approximate surface area is 281 Å². The summed E-state index contributed by atoms with van der Waals surface area (Å²) < 4.78 is 163. The molecule has 0 spiro atoms. The summed E-state index contributed by atoms with van der Waals surface area (Å²) in [7, 11) is 0. The van der Waals surface area contributed by atoms with Crippen molar-refractivity contribution in [3.05, 3.63) is 82.2 Å². The van der Waals surface area contributed by atoms with E-state index in [0.29, 0.717) is 57.0 Å². The number of rotatable bonds is 9. The number of nitrogens with zero attached hydrogens (tertiary/aromatic N) is 4. The van der Waals surface area contributed by atoms with Gasteiger partial charge in [-0.2, -0.15) is 52.7 Å². The van der Waals surface area contributed by atoms with Crippen LogP contribution in [0.3, 0.4) is 0 Å². The van der Waals surface area contributed by atoms with Gasteiger partial charge in [0.05, 0.1) is 34.4 Å². The van der Waals surface area contributed by atoms with Gasteiger partial charge in [-0.1, -0.05) is 24.3 Å². The second kappa shape index (κ2) is 14.3. The van der Waals surface area contributed by atoms with Gasteiger partial charge >= 0.3 is 24.7 Å². The normalized spacial score (nSPS) is 17.0. The lowest BCUT2D eigenvalue weighted by atomic mass is 9.99. The molecule has 0 unspecified atom stereocenters. The summed E-state index contributed by atoms with van der Waals surface area (Å²) in [6.45, 7) is 1.47. The number of nitrogens with one attached hydrogen (secondary N) is 1. The molecular formula is C32H29F12N5O2. The van der Waals surface area contributed by atoms with Crippen molar-refractivity contribution in [3.8, 4) is 0 Å². The molecule has 7 nitrogen and oxygen atoms in total. The number of alkyl halides is 12. The molecule has 0 aliphatic carbocycles. The molecule has 3 N–H and O–H groups in total. The molecule has 0 amide bonds. The minimum Gasteiger partial charge on any atom is -0.387 e. The van der Waals surface area contributed by atoms with Crippen LogP contribution in [-0.2, 0) is 24.7 Å². The fourth-order valence-corrected chi connectivity index (χ4v) is 5.97. The fourth-order valence-electron chi connectivity index (χ4n) is 5.97. The van der Waals surface area contributed by atoms with Gasteiger partial charge in [0.15, 0.2) is 0 Å². The van der Waals surface area contributed by atoms with Gasteiger partial charge in [0, 0.05) is 63.1 Å². The van der Waals surface area contributed by atoms with Gasteiger partial charge in [0.2, 0.25) is 0 Å². The van der Waals surface area contributed by atoms with E-state index in [1.54, 1.807) is 4.90 Å². The number of piperazine rings is 1. The van der Waals surface area contributed by atoms with E-state index in [1.165, 1.54) is 0 Å². The maximum atomic E-state index is 13.6. The number of aliphatic hydroxyl groups excluding tert-OH is 2. The summed E-state index contributed by atoms with van der Waals surface area (Å²) in [5.41, 5.74) is -8.54. The van der Waals surface area contributed by atoms with E-state index < -0.39 is 76.0 Å². The number of para-hydroxylation sites is 2. The van der Waals surface area contributed by atoms with E-state index >= 15 is 0 Å². The van der Waals surface area contributed by atoms with Crippen LogP contribution in [0.2, 0.25) is 0 Å². The van der Waals surface area contributed by atoms with Crippen molar-refractivity contribution in [1.29, 1.82) is 0 Å². The maximum absolute atomic E-state index is 13.6. The lowest BCUT2D eigenvalue weighted by molar-refractivity contribution is -0.142. The molecule has 2 atom stereocenters. The SMILES string of the molecule is O[C@@H](CNCCN1CCN(C[C@H](O)c2cc(C(F)(F)F)nc3c(C(F)(F)F)cccc23)CC1)c1cc(C(F)(F)F)nc2c(C(F)(F)F)cccc12. The quantitative estimate of drug-likeness (QED) is 0.128. The minimum atomic E-state index is -5.08. The molecule has 5 rings (SSSR count). The number of aromatic nitrogens is 2. The van der Waals surface area contributed by atoms with Crippen molar-refractivity contribution in [1.82, 2.24) is 25.1 Å². The van der Waals surface area contributed by atoms with E-state index in [0.717, 1.165) is 24.3 Å². The van der Waals surface area contributed by atoms with Gasteiger partial charge < -0.3 is 15.5 Å². The highest BCUT2D eigenvalue weighted by atomic mass is 19.4. The third kappa shape index (κ3) is 8.82. The Kier molecular flexibility index (Phi) is 10.8. The molecular weight excluding hydrogens is 714 g/mol. The van der Waals surface area contributed by atoms with Crippen molar-refractivity contribution in [3.63, 3.8) is 0 Å². The molecule has 1 saturated heterocycles. The van der Waals surface area contributed by atoms with Crippen LogP contribution < -0.4 is 5.32 Å². The number of hydrogen-bond acceptors (Lipinski definition) is 7. The lowest BCUT2D eigenvalue weighted by Gasteiger charge is -2.36. The predicted molar refractivity (Wildman–Crippen MR) is 159 cm³/mol. The third-order valence-electron chi connectivity index (χ3n) is 8.49. The molecule has 1 fully saturated rings. The molecule has 1 aliphatic rings. The van der Waals surface area contributed by atoms with Gasteiger partial charge in [-0.25, -0.2) is 9.97 Å². The zero-order valence-electron chi connectivity index (χ0n) is 26.1. The first-order valence-corrected chi connectivity index (χ1v) is 15.3. The van der Waals surface area contributed by atoms with Crippen molar-refractivity contribution in [2.24, 2.45) is 0 Å². The zero-order chi connectivity index (χ0) is 37.5. The second-order valence-corrected chi connectivity index (χ2v) is 12.0. The number of hydrogen-bond donors (Lipinski definition) is 3. The Balaban J connectivity index is 1.19. The van der Waals surface area contributed by atoms with Crippen LogP contribution in [0.5, 0.6) is 0 Å². The van der Waals surface area contributed by atoms with Crippen molar-refractivity contribution in [2.75, 3.05) is 52.4 Å². The van der Waals surface area contributed by atoms with E-state index in [-0.39, 0.29) is 36.0 Å². The highest BCUT2D eigenvalue weighted by Gasteiger charge is 2.39. The molecule has 4 aromatic rings. The van der Waals surface area contributed by atoms with Crippen LogP contribution in [0.1, 0.15) is 45.8 Å². The van der Waals surface area contributed by atoms with Crippen LogP contribution >= 0.6 is 0 Å². The Bertz CT molecular complexity index is 1850. The Morgan fingerprint density at radius 3 is 1.47 bits per heavy atom. The van der Waals surface area contributed by atoms with Gasteiger partial charge in [-0.05, 0) is 35.4 Å². The van der Waals surface area contributed by atoms with Gasteiger partial charge in [-0.15, -0.1) is 0 Å². The van der Waals surface area contributed by atoms with Crippen molar-refractivity contribution < 1.29 is 62.9 Å². The summed E-state index contributed by atoms with van der Waals surface area (Å²) in [5.74, 6) is 0. The first-order valence-electron chi connectivity index (χ1n) is 15.3. The molecule has 0 bridgehead atoms. The number of pyridine rings is 2. The van der Waals surface area contributed by atoms with E-state index in [4.69, 9.17) is 0 Å². The molecule has 19 heteroatoms. The van der Waals surface area contributed by atoms with E-state index in [2.05, 4.69) is 15.3 Å². The molecule has 2 aromatic heterocycles. The fraction of sp³-hybridized carbons (Fsp3) is 0.438. The van der Waals surface area contributed by atoms with Crippen LogP contribution in [0.15, 0.2) is 48.5 Å². The Morgan fingerprint density at radius 2 is 1.04 bits per heavy atom. The third-order valence-corrected chi connectivity index (χ3v) is 8.49. The largest absolute Gasteiger partial charge is 0.433 e. The van der Waals surface area contributed by atoms with E-state index in [9.17, 15) is 62.9 Å². The lowest BCUT2D eigenvalue weighted by Crippen LogP contribution is -2.49. The Hall–Kier alpha value is -3.78. The Morgan fingerprint density at radius 1 is 0.608 bits per heavy atom. The van der Waals surface area contributed by atoms with Crippen molar-refractivity contribution >= 4 is 21.8 Å². The summed E-state index contributed by atoms with van der Waals surface area (Å²) in [4.78, 5) is 10.1. The van der Waals surface area contributed by atoms with Crippen LogP contribution in [0.4, 0.5) is 52.7 Å². The second-order valence-electron chi connectivity index (χ2n) is 12.0. The van der Waals surface area contributed by atoms with Crippen LogP contribution in [0, 0.1) is 0 Å². The van der Waals surface area contributed by atoms with E-state index in [1.807, 2.05) is 4.90 Å². The minimum absolute atomic E-state index is 0.194. The van der Waals surface area contributed by atoms with Gasteiger partial charge in [0.1, 0.15) is 11.4 Å². The first-order chi connectivity index (χ1) is 23.6.